The Hall–Kier alpha value is -1.40. The van der Waals surface area contributed by atoms with E-state index >= 15 is 0 Å². The van der Waals surface area contributed by atoms with Crippen LogP contribution in [0.2, 0.25) is 0 Å². The van der Waals surface area contributed by atoms with Gasteiger partial charge in [-0.2, -0.15) is 0 Å². The third-order valence-electron chi connectivity index (χ3n) is 3.55. The molecule has 0 aliphatic heterocycles. The second kappa shape index (κ2) is 9.67. The predicted octanol–water partition coefficient (Wildman–Crippen LogP) is 3.35. The van der Waals surface area contributed by atoms with Gasteiger partial charge in [0.15, 0.2) is 5.96 Å². The topological polar surface area (TPSA) is 49.3 Å². The molecule has 0 aromatic carbocycles. The lowest BCUT2D eigenvalue weighted by Gasteiger charge is -2.15. The summed E-state index contributed by atoms with van der Waals surface area (Å²) in [6.45, 7) is 6.19. The average molecular weight is 351 g/mol. The lowest BCUT2D eigenvalue weighted by molar-refractivity contribution is 0.562. The molecule has 0 saturated carbocycles. The van der Waals surface area contributed by atoms with Crippen LogP contribution in [0.25, 0.3) is 0 Å². The summed E-state index contributed by atoms with van der Waals surface area (Å²) in [5, 5.41) is 12.3. The van der Waals surface area contributed by atoms with Gasteiger partial charge < -0.3 is 10.6 Å². The van der Waals surface area contributed by atoms with Crippen LogP contribution >= 0.6 is 22.7 Å². The third-order valence-corrected chi connectivity index (χ3v) is 5.49. The maximum Gasteiger partial charge on any atom is 0.190 e. The van der Waals surface area contributed by atoms with Crippen molar-refractivity contribution in [3.8, 4) is 0 Å². The minimum atomic E-state index is 0.581. The molecule has 2 rings (SSSR count). The molecule has 6 heteroatoms. The highest BCUT2D eigenvalue weighted by molar-refractivity contribution is 7.10. The van der Waals surface area contributed by atoms with Crippen molar-refractivity contribution in [2.45, 2.75) is 33.1 Å². The zero-order valence-electron chi connectivity index (χ0n) is 14.1. The van der Waals surface area contributed by atoms with Crippen molar-refractivity contribution in [2.24, 2.45) is 10.9 Å². The number of aromatic nitrogens is 1. The second-order valence-corrected chi connectivity index (χ2v) is 7.58. The van der Waals surface area contributed by atoms with Crippen LogP contribution in [0, 0.1) is 5.92 Å². The average Bonchev–Trinajstić information content (AvgIpc) is 3.22. The molecule has 23 heavy (non-hydrogen) atoms. The highest BCUT2D eigenvalue weighted by Crippen LogP contribution is 2.13. The van der Waals surface area contributed by atoms with Crippen LogP contribution in [0.4, 0.5) is 0 Å². The molecule has 0 aliphatic carbocycles. The molecule has 0 amide bonds. The van der Waals surface area contributed by atoms with Crippen LogP contribution in [0.15, 0.2) is 27.9 Å². The van der Waals surface area contributed by atoms with Gasteiger partial charge in [-0.3, -0.25) is 4.99 Å². The lowest BCUT2D eigenvalue weighted by Crippen LogP contribution is -2.40. The zero-order chi connectivity index (χ0) is 16.5. The summed E-state index contributed by atoms with van der Waals surface area (Å²) < 4.78 is 0. The first-order valence-electron chi connectivity index (χ1n) is 8.11. The molecule has 2 N–H and O–H groups in total. The van der Waals surface area contributed by atoms with Gasteiger partial charge in [-0.15, -0.1) is 22.7 Å². The van der Waals surface area contributed by atoms with Gasteiger partial charge >= 0.3 is 0 Å². The van der Waals surface area contributed by atoms with Gasteiger partial charge in [0.05, 0.1) is 10.7 Å². The number of nitrogens with one attached hydrogen (secondary N) is 2. The standard InChI is InChI=1S/C17H26N4S2/c1-4-16-21-14(12-23-16)7-8-19-17(18-3)20-11-13(2)10-15-6-5-9-22-15/h5-6,9,12-13H,4,7-8,10-11H2,1-3H3,(H2,18,19,20). The molecule has 2 aromatic heterocycles. The monoisotopic (exact) mass is 350 g/mol. The van der Waals surface area contributed by atoms with Crippen molar-refractivity contribution in [2.75, 3.05) is 20.1 Å². The molecule has 0 fully saturated rings. The molecule has 1 unspecified atom stereocenters. The van der Waals surface area contributed by atoms with Crippen molar-refractivity contribution < 1.29 is 0 Å². The van der Waals surface area contributed by atoms with Gasteiger partial charge in [-0.25, -0.2) is 4.98 Å². The van der Waals surface area contributed by atoms with Crippen LogP contribution in [0.1, 0.15) is 29.4 Å². The van der Waals surface area contributed by atoms with E-state index in [2.05, 4.69) is 57.4 Å². The number of thiophene rings is 1. The second-order valence-electron chi connectivity index (χ2n) is 5.60. The van der Waals surface area contributed by atoms with Crippen LogP contribution < -0.4 is 10.6 Å². The van der Waals surface area contributed by atoms with Gasteiger partial charge in [0, 0.05) is 36.8 Å². The summed E-state index contributed by atoms with van der Waals surface area (Å²) in [6.07, 6.45) is 3.06. The van der Waals surface area contributed by atoms with Crippen LogP contribution in [-0.4, -0.2) is 31.1 Å². The Morgan fingerprint density at radius 1 is 1.35 bits per heavy atom. The summed E-state index contributed by atoms with van der Waals surface area (Å²) in [5.41, 5.74) is 1.17. The first-order valence-corrected chi connectivity index (χ1v) is 9.87. The summed E-state index contributed by atoms with van der Waals surface area (Å²) >= 11 is 3.57. The van der Waals surface area contributed by atoms with Gasteiger partial charge in [0.1, 0.15) is 0 Å². The number of aliphatic imine (C=N–C) groups is 1. The van der Waals surface area contributed by atoms with Crippen molar-refractivity contribution in [3.05, 3.63) is 38.5 Å². The van der Waals surface area contributed by atoms with E-state index in [1.54, 1.807) is 11.3 Å². The number of hydrogen-bond acceptors (Lipinski definition) is 4. The number of thiazole rings is 1. The molecule has 1 atom stereocenters. The largest absolute Gasteiger partial charge is 0.356 e. The fraction of sp³-hybridized carbons (Fsp3) is 0.529. The third kappa shape index (κ3) is 6.31. The lowest BCUT2D eigenvalue weighted by atomic mass is 10.1. The van der Waals surface area contributed by atoms with Crippen molar-refractivity contribution in [1.29, 1.82) is 0 Å². The van der Waals surface area contributed by atoms with E-state index in [4.69, 9.17) is 0 Å². The number of hydrogen-bond donors (Lipinski definition) is 2. The Labute approximate surface area is 147 Å². The van der Waals surface area contributed by atoms with Crippen LogP contribution in [0.5, 0.6) is 0 Å². The van der Waals surface area contributed by atoms with Gasteiger partial charge in [-0.05, 0) is 30.2 Å². The number of nitrogens with zero attached hydrogens (tertiary/aromatic N) is 2. The van der Waals surface area contributed by atoms with E-state index in [9.17, 15) is 0 Å². The number of aryl methyl sites for hydroxylation is 1. The van der Waals surface area contributed by atoms with Crippen LogP contribution in [0.3, 0.4) is 0 Å². The first kappa shape index (κ1) is 17.9. The number of guanidine groups is 1. The predicted molar refractivity (Wildman–Crippen MR) is 102 cm³/mol. The van der Waals surface area contributed by atoms with E-state index < -0.39 is 0 Å². The molecule has 0 saturated heterocycles. The summed E-state index contributed by atoms with van der Waals surface area (Å²) in [5.74, 6) is 1.45. The van der Waals surface area contributed by atoms with E-state index in [1.165, 1.54) is 15.6 Å². The quantitative estimate of drug-likeness (QED) is 0.567. The summed E-state index contributed by atoms with van der Waals surface area (Å²) in [4.78, 5) is 10.3. The van der Waals surface area contributed by atoms with Gasteiger partial charge in [0.2, 0.25) is 0 Å². The molecule has 126 valence electrons. The molecular formula is C17H26N4S2. The van der Waals surface area contributed by atoms with E-state index in [-0.39, 0.29) is 0 Å². The molecule has 0 radical (unpaired) electrons. The van der Waals surface area contributed by atoms with Crippen molar-refractivity contribution in [3.63, 3.8) is 0 Å². The normalized spacial score (nSPS) is 13.1. The first-order chi connectivity index (χ1) is 11.2. The molecule has 0 bridgehead atoms. The van der Waals surface area contributed by atoms with Crippen molar-refractivity contribution in [1.82, 2.24) is 15.6 Å². The minimum absolute atomic E-state index is 0.581. The molecule has 2 aromatic rings. The minimum Gasteiger partial charge on any atom is -0.356 e. The zero-order valence-corrected chi connectivity index (χ0v) is 15.8. The van der Waals surface area contributed by atoms with Gasteiger partial charge in [-0.1, -0.05) is 19.9 Å². The Morgan fingerprint density at radius 3 is 2.87 bits per heavy atom. The maximum atomic E-state index is 4.59. The molecule has 0 aliphatic rings. The van der Waals surface area contributed by atoms with Gasteiger partial charge in [0.25, 0.3) is 0 Å². The van der Waals surface area contributed by atoms with Crippen molar-refractivity contribution >= 4 is 28.6 Å². The SMILES string of the molecule is CCc1nc(CCNC(=NC)NCC(C)Cc2cccs2)cs1. The molecule has 4 nitrogen and oxygen atoms in total. The molecule has 2 heterocycles. The Bertz CT molecular complexity index is 590. The molecular weight excluding hydrogens is 324 g/mol. The smallest absolute Gasteiger partial charge is 0.190 e. The fourth-order valence-corrected chi connectivity index (χ4v) is 3.92. The maximum absolute atomic E-state index is 4.59. The fourth-order valence-electron chi connectivity index (χ4n) is 2.27. The Kier molecular flexibility index (Phi) is 7.55. The molecule has 0 spiro atoms. The van der Waals surface area contributed by atoms with E-state index in [0.29, 0.717) is 5.92 Å². The Balaban J connectivity index is 1.66. The van der Waals surface area contributed by atoms with E-state index in [1.807, 2.05) is 18.4 Å². The Morgan fingerprint density at radius 2 is 2.22 bits per heavy atom. The highest BCUT2D eigenvalue weighted by atomic mass is 32.1. The summed E-state index contributed by atoms with van der Waals surface area (Å²) in [6, 6.07) is 4.32. The van der Waals surface area contributed by atoms with Crippen LogP contribution in [-0.2, 0) is 19.3 Å². The summed E-state index contributed by atoms with van der Waals surface area (Å²) in [7, 11) is 1.82. The number of rotatable bonds is 8. The highest BCUT2D eigenvalue weighted by Gasteiger charge is 2.06. The van der Waals surface area contributed by atoms with E-state index in [0.717, 1.165) is 38.3 Å².